The molecule has 0 aliphatic rings. The summed E-state index contributed by atoms with van der Waals surface area (Å²) < 4.78 is 39.7. The van der Waals surface area contributed by atoms with Crippen LogP contribution in [0.15, 0.2) is 47.4 Å². The highest BCUT2D eigenvalue weighted by Gasteiger charge is 2.22. The number of ether oxygens (including phenoxy) is 1. The second-order valence-electron chi connectivity index (χ2n) is 8.45. The molecule has 0 amide bonds. The summed E-state index contributed by atoms with van der Waals surface area (Å²) in [5, 5.41) is 9.40. The van der Waals surface area contributed by atoms with Gasteiger partial charge in [0.25, 0.3) is 10.1 Å². The second-order valence-corrected chi connectivity index (χ2v) is 9.81. The largest absolute Gasteiger partial charge is 0.508 e. The zero-order valence-corrected chi connectivity index (χ0v) is 20.1. The number of phenols is 1. The lowest BCUT2D eigenvalue weighted by molar-refractivity contribution is 0.443. The monoisotopic (exact) mass is 462 g/mol. The topological polar surface area (TPSA) is 83.8 Å². The number of rotatable bonds is 16. The molecule has 0 atom stereocenters. The van der Waals surface area contributed by atoms with E-state index in [1.54, 1.807) is 24.3 Å². The maximum atomic E-state index is 12.1. The summed E-state index contributed by atoms with van der Waals surface area (Å²) in [6.07, 6.45) is 15.4. The zero-order valence-electron chi connectivity index (χ0n) is 19.3. The molecule has 32 heavy (non-hydrogen) atoms. The molecule has 2 aromatic carbocycles. The molecule has 0 heterocycles. The SMILES string of the molecule is CCCCCCCCCCCCCCc1cccc(Oc2ccc(O)cc2)c1S(=O)(=O)O. The molecule has 0 fully saturated rings. The molecular weight excluding hydrogens is 424 g/mol. The summed E-state index contributed by atoms with van der Waals surface area (Å²) in [6.45, 7) is 2.24. The predicted octanol–water partition coefficient (Wildman–Crippen LogP) is 7.67. The van der Waals surface area contributed by atoms with Crippen LogP contribution in [0, 0.1) is 0 Å². The Hall–Kier alpha value is -2.05. The van der Waals surface area contributed by atoms with Crippen molar-refractivity contribution in [1.29, 1.82) is 0 Å². The van der Waals surface area contributed by atoms with Crippen LogP contribution < -0.4 is 4.74 Å². The lowest BCUT2D eigenvalue weighted by atomic mass is 10.0. The third-order valence-corrected chi connectivity index (χ3v) is 6.66. The Morgan fingerprint density at radius 3 is 1.81 bits per heavy atom. The average Bonchev–Trinajstić information content (AvgIpc) is 2.75. The van der Waals surface area contributed by atoms with Gasteiger partial charge in [0.05, 0.1) is 0 Å². The number of benzene rings is 2. The van der Waals surface area contributed by atoms with Gasteiger partial charge in [0.15, 0.2) is 0 Å². The van der Waals surface area contributed by atoms with Crippen molar-refractivity contribution in [3.05, 3.63) is 48.0 Å². The molecule has 2 N–H and O–H groups in total. The van der Waals surface area contributed by atoms with Crippen LogP contribution in [0.1, 0.15) is 89.5 Å². The van der Waals surface area contributed by atoms with Crippen LogP contribution in [0.3, 0.4) is 0 Å². The quantitative estimate of drug-likeness (QED) is 0.197. The third kappa shape index (κ3) is 9.61. The van der Waals surface area contributed by atoms with E-state index in [2.05, 4.69) is 6.92 Å². The van der Waals surface area contributed by atoms with Crippen molar-refractivity contribution in [2.75, 3.05) is 0 Å². The van der Waals surface area contributed by atoms with Crippen LogP contribution in [0.5, 0.6) is 17.2 Å². The van der Waals surface area contributed by atoms with Crippen molar-refractivity contribution in [1.82, 2.24) is 0 Å². The molecule has 2 aromatic rings. The van der Waals surface area contributed by atoms with E-state index in [1.807, 2.05) is 0 Å². The third-order valence-electron chi connectivity index (χ3n) is 5.68. The van der Waals surface area contributed by atoms with Gasteiger partial charge in [-0.3, -0.25) is 4.55 Å². The van der Waals surface area contributed by atoms with E-state index in [0.717, 1.165) is 19.3 Å². The number of unbranched alkanes of at least 4 members (excludes halogenated alkanes) is 11. The maximum absolute atomic E-state index is 12.1. The molecule has 0 aliphatic carbocycles. The lowest BCUT2D eigenvalue weighted by Crippen LogP contribution is -2.06. The molecule has 0 aromatic heterocycles. The van der Waals surface area contributed by atoms with E-state index in [9.17, 15) is 18.1 Å². The Labute approximate surface area is 193 Å². The summed E-state index contributed by atoms with van der Waals surface area (Å²) in [4.78, 5) is -0.170. The fourth-order valence-electron chi connectivity index (χ4n) is 3.93. The second kappa shape index (κ2) is 14.2. The molecule has 0 bridgehead atoms. The van der Waals surface area contributed by atoms with Crippen molar-refractivity contribution in [2.24, 2.45) is 0 Å². The molecule has 0 spiro atoms. The minimum atomic E-state index is -4.43. The normalized spacial score (nSPS) is 11.6. The molecule has 0 aliphatic heterocycles. The van der Waals surface area contributed by atoms with Crippen LogP contribution in [0.4, 0.5) is 0 Å². The van der Waals surface area contributed by atoms with Crippen LogP contribution in [-0.4, -0.2) is 18.1 Å². The average molecular weight is 463 g/mol. The lowest BCUT2D eigenvalue weighted by Gasteiger charge is -2.13. The zero-order chi connectivity index (χ0) is 23.2. The Morgan fingerprint density at radius 2 is 1.28 bits per heavy atom. The molecular formula is C26H38O5S. The first-order valence-electron chi connectivity index (χ1n) is 12.0. The van der Waals surface area contributed by atoms with E-state index in [4.69, 9.17) is 4.74 Å². The fourth-order valence-corrected chi connectivity index (χ4v) is 4.79. The van der Waals surface area contributed by atoms with Crippen molar-refractivity contribution in [3.63, 3.8) is 0 Å². The Kier molecular flexibility index (Phi) is 11.6. The molecule has 6 heteroatoms. The van der Waals surface area contributed by atoms with Gasteiger partial charge in [0.2, 0.25) is 0 Å². The van der Waals surface area contributed by atoms with Gasteiger partial charge in [-0.15, -0.1) is 0 Å². The van der Waals surface area contributed by atoms with Crippen LogP contribution in [0.25, 0.3) is 0 Å². The van der Waals surface area contributed by atoms with Crippen molar-refractivity contribution in [2.45, 2.75) is 95.3 Å². The smallest absolute Gasteiger partial charge is 0.298 e. The molecule has 178 valence electrons. The van der Waals surface area contributed by atoms with Gasteiger partial charge in [-0.1, -0.05) is 89.7 Å². The molecule has 2 rings (SSSR count). The van der Waals surface area contributed by atoms with Crippen LogP contribution in [0.2, 0.25) is 0 Å². The Bertz CT molecular complexity index is 891. The van der Waals surface area contributed by atoms with Gasteiger partial charge >= 0.3 is 0 Å². The minimum absolute atomic E-state index is 0.0908. The fraction of sp³-hybridized carbons (Fsp3) is 0.538. The summed E-state index contributed by atoms with van der Waals surface area (Å²) in [6, 6.07) is 11.0. The number of phenolic OH excluding ortho intramolecular Hbond substituents is 1. The van der Waals surface area contributed by atoms with E-state index < -0.39 is 10.1 Å². The molecule has 0 saturated carbocycles. The van der Waals surface area contributed by atoms with Gasteiger partial charge in [-0.2, -0.15) is 8.42 Å². The first-order valence-corrected chi connectivity index (χ1v) is 13.4. The highest BCUT2D eigenvalue weighted by molar-refractivity contribution is 7.86. The van der Waals surface area contributed by atoms with Gasteiger partial charge in [0, 0.05) is 0 Å². The van der Waals surface area contributed by atoms with Crippen LogP contribution >= 0.6 is 0 Å². The van der Waals surface area contributed by atoms with Crippen LogP contribution in [-0.2, 0) is 16.5 Å². The summed E-state index contributed by atoms with van der Waals surface area (Å²) >= 11 is 0. The predicted molar refractivity (Wildman–Crippen MR) is 129 cm³/mol. The maximum Gasteiger partial charge on any atom is 0.298 e. The standard InChI is InChI=1S/C26H38O5S/c1-2-3-4-5-6-7-8-9-10-11-12-13-15-22-16-14-17-25(26(22)32(28,29)30)31-24-20-18-23(27)19-21-24/h14,16-21,27H,2-13,15H2,1H3,(H,28,29,30). The van der Waals surface area contributed by atoms with Gasteiger partial charge in [-0.25, -0.2) is 0 Å². The highest BCUT2D eigenvalue weighted by Crippen LogP contribution is 2.33. The van der Waals surface area contributed by atoms with E-state index in [-0.39, 0.29) is 16.4 Å². The number of aryl methyl sites for hydroxylation is 1. The van der Waals surface area contributed by atoms with Gasteiger partial charge in [0.1, 0.15) is 22.1 Å². The number of hydrogen-bond donors (Lipinski definition) is 2. The first kappa shape index (κ1) is 26.2. The molecule has 5 nitrogen and oxygen atoms in total. The molecule has 0 saturated heterocycles. The number of hydrogen-bond acceptors (Lipinski definition) is 4. The van der Waals surface area contributed by atoms with Crippen molar-refractivity contribution < 1.29 is 22.8 Å². The van der Waals surface area contributed by atoms with Crippen molar-refractivity contribution in [3.8, 4) is 17.2 Å². The first-order chi connectivity index (χ1) is 15.4. The highest BCUT2D eigenvalue weighted by atomic mass is 32.2. The minimum Gasteiger partial charge on any atom is -0.508 e. The van der Waals surface area contributed by atoms with E-state index in [0.29, 0.717) is 17.7 Å². The molecule has 0 radical (unpaired) electrons. The Balaban J connectivity index is 1.80. The summed E-state index contributed by atoms with van der Waals surface area (Å²) in [5.41, 5.74) is 0.566. The number of aromatic hydroxyl groups is 1. The van der Waals surface area contributed by atoms with E-state index in [1.165, 1.54) is 76.0 Å². The Morgan fingerprint density at radius 1 is 0.750 bits per heavy atom. The summed E-state index contributed by atoms with van der Waals surface area (Å²) in [7, 11) is -4.43. The molecule has 0 unspecified atom stereocenters. The summed E-state index contributed by atoms with van der Waals surface area (Å²) in [5.74, 6) is 0.568. The van der Waals surface area contributed by atoms with Gasteiger partial charge in [-0.05, 0) is 48.7 Å². The van der Waals surface area contributed by atoms with E-state index >= 15 is 0 Å². The van der Waals surface area contributed by atoms with Gasteiger partial charge < -0.3 is 9.84 Å². The van der Waals surface area contributed by atoms with Crippen molar-refractivity contribution >= 4 is 10.1 Å².